The maximum Gasteiger partial charge on any atom is 0.326 e. The van der Waals surface area contributed by atoms with Crippen LogP contribution in [0.15, 0.2) is 47.4 Å². The van der Waals surface area contributed by atoms with E-state index in [1.54, 1.807) is 0 Å². The van der Waals surface area contributed by atoms with Crippen molar-refractivity contribution in [3.05, 3.63) is 54.1 Å². The van der Waals surface area contributed by atoms with Crippen molar-refractivity contribution in [2.45, 2.75) is 4.90 Å². The zero-order valence-electron chi connectivity index (χ0n) is 13.4. The fraction of sp³-hybridized carbons (Fsp3) is 0.188. The highest BCUT2D eigenvalue weighted by molar-refractivity contribution is 7.92. The molecule has 0 heterocycles. The Balaban J connectivity index is 2.52. The fourth-order valence-electron chi connectivity index (χ4n) is 2.01. The molecular weight excluding hydrogens is 356 g/mol. The summed E-state index contributed by atoms with van der Waals surface area (Å²) in [4.78, 5) is 11.5. The minimum atomic E-state index is -4.23. The Morgan fingerprint density at radius 1 is 1.04 bits per heavy atom. The third-order valence-corrected chi connectivity index (χ3v) is 5.13. The molecule has 2 aromatic rings. The number of carbonyl (C=O) groups excluding carboxylic acids is 1. The van der Waals surface area contributed by atoms with Crippen molar-refractivity contribution in [3.8, 4) is 5.75 Å². The smallest absolute Gasteiger partial charge is 0.326 e. The average molecular weight is 371 g/mol. The van der Waals surface area contributed by atoms with E-state index in [-0.39, 0.29) is 10.6 Å². The molecule has 0 atom stereocenters. The van der Waals surface area contributed by atoms with E-state index < -0.39 is 34.2 Å². The minimum absolute atomic E-state index is 0.151. The number of hydrogen-bond donors (Lipinski definition) is 0. The zero-order valence-corrected chi connectivity index (χ0v) is 14.2. The quantitative estimate of drug-likeness (QED) is 0.729. The molecule has 0 N–H and O–H groups in total. The molecule has 0 saturated carbocycles. The molecule has 9 heteroatoms. The number of ether oxygens (including phenoxy) is 2. The van der Waals surface area contributed by atoms with E-state index in [4.69, 9.17) is 4.74 Å². The van der Waals surface area contributed by atoms with Crippen molar-refractivity contribution < 1.29 is 31.5 Å². The van der Waals surface area contributed by atoms with Crippen LogP contribution in [0.1, 0.15) is 0 Å². The van der Waals surface area contributed by atoms with Gasteiger partial charge in [0.1, 0.15) is 12.3 Å². The van der Waals surface area contributed by atoms with Gasteiger partial charge in [0.15, 0.2) is 11.6 Å². The van der Waals surface area contributed by atoms with Gasteiger partial charge in [-0.05, 0) is 36.4 Å². The Morgan fingerprint density at radius 2 is 1.68 bits per heavy atom. The van der Waals surface area contributed by atoms with Crippen LogP contribution < -0.4 is 9.04 Å². The number of anilines is 1. The van der Waals surface area contributed by atoms with E-state index in [2.05, 4.69) is 4.74 Å². The Bertz CT molecular complexity index is 869. The van der Waals surface area contributed by atoms with Crippen LogP contribution in [0.2, 0.25) is 0 Å². The summed E-state index contributed by atoms with van der Waals surface area (Å²) in [6.07, 6.45) is 0. The van der Waals surface area contributed by atoms with Gasteiger partial charge in [-0.25, -0.2) is 17.2 Å². The first-order valence-corrected chi connectivity index (χ1v) is 8.42. The maximum atomic E-state index is 13.5. The second-order valence-electron chi connectivity index (χ2n) is 4.86. The molecule has 25 heavy (non-hydrogen) atoms. The predicted octanol–water partition coefficient (Wildman–Crippen LogP) is 2.34. The van der Waals surface area contributed by atoms with Gasteiger partial charge in [0, 0.05) is 6.07 Å². The second kappa shape index (κ2) is 7.47. The number of benzene rings is 2. The van der Waals surface area contributed by atoms with Gasteiger partial charge in [0.05, 0.1) is 24.8 Å². The third kappa shape index (κ3) is 4.05. The van der Waals surface area contributed by atoms with Crippen molar-refractivity contribution in [2.24, 2.45) is 0 Å². The molecule has 0 aliphatic carbocycles. The molecule has 0 spiro atoms. The molecule has 0 aliphatic rings. The topological polar surface area (TPSA) is 72.9 Å². The highest BCUT2D eigenvalue weighted by atomic mass is 32.2. The molecule has 0 saturated heterocycles. The number of halogens is 2. The molecule has 0 aromatic heterocycles. The van der Waals surface area contributed by atoms with Gasteiger partial charge in [-0.15, -0.1) is 0 Å². The van der Waals surface area contributed by atoms with E-state index in [1.807, 2.05) is 0 Å². The van der Waals surface area contributed by atoms with Gasteiger partial charge in [0.2, 0.25) is 0 Å². The molecule has 0 unspecified atom stereocenters. The fourth-order valence-corrected chi connectivity index (χ4v) is 3.41. The highest BCUT2D eigenvalue weighted by Crippen LogP contribution is 2.26. The van der Waals surface area contributed by atoms with Crippen LogP contribution in [0.25, 0.3) is 0 Å². The summed E-state index contributed by atoms with van der Waals surface area (Å²) in [5.74, 6) is -2.80. The molecule has 0 aliphatic heterocycles. The Hall–Kier alpha value is -2.68. The number of methoxy groups -OCH3 is 2. The molecular formula is C16H15F2NO5S. The zero-order chi connectivity index (χ0) is 18.6. The van der Waals surface area contributed by atoms with E-state index in [0.717, 1.165) is 19.2 Å². The van der Waals surface area contributed by atoms with Crippen LogP contribution in [0.4, 0.5) is 14.5 Å². The van der Waals surface area contributed by atoms with Gasteiger partial charge >= 0.3 is 5.97 Å². The first kappa shape index (κ1) is 18.7. The van der Waals surface area contributed by atoms with Crippen molar-refractivity contribution in [1.82, 2.24) is 0 Å². The Morgan fingerprint density at radius 3 is 2.20 bits per heavy atom. The molecule has 134 valence electrons. The lowest BCUT2D eigenvalue weighted by molar-refractivity contribution is -0.138. The van der Waals surface area contributed by atoms with Crippen LogP contribution in [0.3, 0.4) is 0 Å². The molecule has 2 rings (SSSR count). The number of carbonyl (C=O) groups is 1. The van der Waals surface area contributed by atoms with Gasteiger partial charge in [-0.1, -0.05) is 0 Å². The monoisotopic (exact) mass is 371 g/mol. The summed E-state index contributed by atoms with van der Waals surface area (Å²) in [6.45, 7) is -0.698. The summed E-state index contributed by atoms with van der Waals surface area (Å²) >= 11 is 0. The lowest BCUT2D eigenvalue weighted by atomic mass is 10.3. The van der Waals surface area contributed by atoms with Crippen molar-refractivity contribution >= 4 is 21.7 Å². The lowest BCUT2D eigenvalue weighted by Crippen LogP contribution is -2.36. The number of sulfonamides is 1. The second-order valence-corrected chi connectivity index (χ2v) is 6.72. The highest BCUT2D eigenvalue weighted by Gasteiger charge is 2.28. The molecule has 0 bridgehead atoms. The van der Waals surface area contributed by atoms with Crippen molar-refractivity contribution in [1.29, 1.82) is 0 Å². The van der Waals surface area contributed by atoms with Crippen LogP contribution in [0, 0.1) is 11.6 Å². The molecule has 2 aromatic carbocycles. The first-order chi connectivity index (χ1) is 11.8. The normalized spacial score (nSPS) is 11.0. The van der Waals surface area contributed by atoms with E-state index in [0.29, 0.717) is 16.1 Å². The van der Waals surface area contributed by atoms with E-state index >= 15 is 0 Å². The maximum absolute atomic E-state index is 13.5. The van der Waals surface area contributed by atoms with Crippen molar-refractivity contribution in [2.75, 3.05) is 25.1 Å². The van der Waals surface area contributed by atoms with Crippen LogP contribution >= 0.6 is 0 Å². The molecule has 6 nitrogen and oxygen atoms in total. The van der Waals surface area contributed by atoms with Gasteiger partial charge in [0.25, 0.3) is 10.0 Å². The molecule has 0 amide bonds. The average Bonchev–Trinajstić information content (AvgIpc) is 2.61. The van der Waals surface area contributed by atoms with Gasteiger partial charge in [-0.3, -0.25) is 9.10 Å². The molecule has 0 fully saturated rings. The predicted molar refractivity (Wildman–Crippen MR) is 85.9 cm³/mol. The first-order valence-electron chi connectivity index (χ1n) is 6.98. The van der Waals surface area contributed by atoms with Crippen molar-refractivity contribution in [3.63, 3.8) is 0 Å². The van der Waals surface area contributed by atoms with Crippen LogP contribution in [-0.2, 0) is 19.6 Å². The summed E-state index contributed by atoms with van der Waals surface area (Å²) in [5.41, 5.74) is -0.208. The number of nitrogens with zero attached hydrogens (tertiary/aromatic N) is 1. The standard InChI is InChI=1S/C16H15F2NO5S/c1-23-12-4-6-13(7-5-12)25(21,22)19(10-16(20)24-2)11-3-8-14(17)15(18)9-11/h3-9H,10H2,1-2H3. The van der Waals surface area contributed by atoms with Crippen LogP contribution in [-0.4, -0.2) is 35.2 Å². The summed E-state index contributed by atoms with van der Waals surface area (Å²) < 4.78 is 62.4. The largest absolute Gasteiger partial charge is 0.497 e. The summed E-state index contributed by atoms with van der Waals surface area (Å²) in [7, 11) is -1.71. The van der Waals surface area contributed by atoms with E-state index in [9.17, 15) is 22.0 Å². The summed E-state index contributed by atoms with van der Waals surface area (Å²) in [6, 6.07) is 7.93. The Labute approximate surface area is 143 Å². The SMILES string of the molecule is COC(=O)CN(c1ccc(F)c(F)c1)S(=O)(=O)c1ccc(OC)cc1. The molecule has 0 radical (unpaired) electrons. The third-order valence-electron chi connectivity index (χ3n) is 3.34. The lowest BCUT2D eigenvalue weighted by Gasteiger charge is -2.23. The van der Waals surface area contributed by atoms with Crippen LogP contribution in [0.5, 0.6) is 5.75 Å². The Kier molecular flexibility index (Phi) is 5.58. The summed E-state index contributed by atoms with van der Waals surface area (Å²) in [5, 5.41) is 0. The number of rotatable bonds is 6. The minimum Gasteiger partial charge on any atom is -0.497 e. The van der Waals surface area contributed by atoms with Gasteiger partial charge in [-0.2, -0.15) is 0 Å². The number of hydrogen-bond acceptors (Lipinski definition) is 5. The van der Waals surface area contributed by atoms with E-state index in [1.165, 1.54) is 31.4 Å². The van der Waals surface area contributed by atoms with Gasteiger partial charge < -0.3 is 9.47 Å². The number of esters is 1.